The highest BCUT2D eigenvalue weighted by molar-refractivity contribution is 5.74. The van der Waals surface area contributed by atoms with E-state index in [4.69, 9.17) is 9.78 Å². The van der Waals surface area contributed by atoms with Gasteiger partial charge in [0.2, 0.25) is 0 Å². The Labute approximate surface area is 99.4 Å². The lowest BCUT2D eigenvalue weighted by atomic mass is 9.75. The maximum Gasteiger partial charge on any atom is 0.347 e. The molecule has 0 aliphatic rings. The van der Waals surface area contributed by atoms with Crippen LogP contribution in [0.4, 0.5) is 0 Å². The van der Waals surface area contributed by atoms with Crippen molar-refractivity contribution in [3.63, 3.8) is 0 Å². The van der Waals surface area contributed by atoms with Gasteiger partial charge in [0.05, 0.1) is 5.41 Å². The molecule has 16 heavy (non-hydrogen) atoms. The highest BCUT2D eigenvalue weighted by atomic mass is 17.2. The number of hydrogen-bond acceptors (Lipinski definition) is 3. The lowest BCUT2D eigenvalue weighted by molar-refractivity contribution is -0.351. The fourth-order valence-corrected chi connectivity index (χ4v) is 0.806. The van der Waals surface area contributed by atoms with Crippen LogP contribution in [0.15, 0.2) is 0 Å². The molecule has 0 amide bonds. The van der Waals surface area contributed by atoms with E-state index in [1.54, 1.807) is 20.8 Å². The van der Waals surface area contributed by atoms with Gasteiger partial charge in [0, 0.05) is 0 Å². The molecule has 0 unspecified atom stereocenters. The van der Waals surface area contributed by atoms with Crippen LogP contribution in [-0.2, 0) is 14.6 Å². The smallest absolute Gasteiger partial charge is 0.297 e. The average Bonchev–Trinajstić information content (AvgIpc) is 2.12. The van der Waals surface area contributed by atoms with E-state index >= 15 is 0 Å². The van der Waals surface area contributed by atoms with Crippen molar-refractivity contribution in [2.75, 3.05) is 0 Å². The molecule has 3 heteroatoms. The van der Waals surface area contributed by atoms with Crippen LogP contribution in [0.2, 0.25) is 0 Å². The van der Waals surface area contributed by atoms with Crippen molar-refractivity contribution in [1.29, 1.82) is 0 Å². The molecule has 0 aromatic rings. The predicted octanol–water partition coefficient (Wildman–Crippen LogP) is 3.72. The first-order valence-electron chi connectivity index (χ1n) is 5.84. The van der Waals surface area contributed by atoms with Gasteiger partial charge >= 0.3 is 5.97 Å². The second kappa shape index (κ2) is 4.74. The second-order valence-corrected chi connectivity index (χ2v) is 6.45. The molecule has 0 heterocycles. The minimum absolute atomic E-state index is 0.0504. The van der Waals surface area contributed by atoms with E-state index in [9.17, 15) is 4.79 Å². The molecule has 0 saturated heterocycles. The summed E-state index contributed by atoms with van der Waals surface area (Å²) in [6, 6.07) is 0. The van der Waals surface area contributed by atoms with Crippen molar-refractivity contribution in [3.05, 3.63) is 0 Å². The van der Waals surface area contributed by atoms with Gasteiger partial charge in [-0.3, -0.25) is 4.89 Å². The molecule has 3 nitrogen and oxygen atoms in total. The van der Waals surface area contributed by atoms with Crippen molar-refractivity contribution in [1.82, 2.24) is 0 Å². The summed E-state index contributed by atoms with van der Waals surface area (Å²) in [5.41, 5.74) is -1.08. The standard InChI is InChI=1S/C13H26O3/c1-9-12(5,6)13(7,8)16-15-10(14)11(2,3)4/h9H2,1-8H3. The Hall–Kier alpha value is -0.570. The van der Waals surface area contributed by atoms with E-state index < -0.39 is 11.0 Å². The minimum Gasteiger partial charge on any atom is -0.297 e. The van der Waals surface area contributed by atoms with Crippen LogP contribution in [0.3, 0.4) is 0 Å². The molecule has 0 saturated carbocycles. The molecule has 0 spiro atoms. The minimum atomic E-state index is -0.535. The number of hydrogen-bond donors (Lipinski definition) is 0. The van der Waals surface area contributed by atoms with Crippen LogP contribution in [0.5, 0.6) is 0 Å². The van der Waals surface area contributed by atoms with Gasteiger partial charge in [-0.15, -0.1) is 0 Å². The first kappa shape index (κ1) is 15.4. The van der Waals surface area contributed by atoms with Crippen LogP contribution in [-0.4, -0.2) is 11.6 Å². The van der Waals surface area contributed by atoms with E-state index in [-0.39, 0.29) is 11.4 Å². The van der Waals surface area contributed by atoms with Crippen LogP contribution < -0.4 is 0 Å². The van der Waals surface area contributed by atoms with Gasteiger partial charge in [0.25, 0.3) is 0 Å². The maximum absolute atomic E-state index is 11.6. The molecular formula is C13H26O3. The summed E-state index contributed by atoms with van der Waals surface area (Å²) in [6.45, 7) is 15.6. The Bertz CT molecular complexity index is 246. The predicted molar refractivity (Wildman–Crippen MR) is 64.8 cm³/mol. The van der Waals surface area contributed by atoms with Crippen molar-refractivity contribution < 1.29 is 14.6 Å². The fourth-order valence-electron chi connectivity index (χ4n) is 0.806. The molecule has 0 radical (unpaired) electrons. The summed E-state index contributed by atoms with van der Waals surface area (Å²) < 4.78 is 0. The Morgan fingerprint density at radius 1 is 1.00 bits per heavy atom. The maximum atomic E-state index is 11.6. The highest BCUT2D eigenvalue weighted by Crippen LogP contribution is 2.37. The molecule has 0 aromatic carbocycles. The third-order valence-corrected chi connectivity index (χ3v) is 3.45. The van der Waals surface area contributed by atoms with E-state index in [1.165, 1.54) is 0 Å². The molecule has 0 N–H and O–H groups in total. The zero-order chi connectivity index (χ0) is 13.2. The fraction of sp³-hybridized carbons (Fsp3) is 0.923. The Morgan fingerprint density at radius 3 is 1.75 bits per heavy atom. The van der Waals surface area contributed by atoms with Gasteiger partial charge in [-0.05, 0) is 46.5 Å². The second-order valence-electron chi connectivity index (χ2n) is 6.45. The summed E-state index contributed by atoms with van der Waals surface area (Å²) in [5.74, 6) is -0.340. The summed E-state index contributed by atoms with van der Waals surface area (Å²) in [4.78, 5) is 21.8. The quantitative estimate of drug-likeness (QED) is 0.545. The van der Waals surface area contributed by atoms with E-state index in [0.29, 0.717) is 0 Å². The van der Waals surface area contributed by atoms with Crippen molar-refractivity contribution in [2.45, 2.75) is 67.4 Å². The van der Waals surface area contributed by atoms with Crippen LogP contribution in [0.1, 0.15) is 61.8 Å². The van der Waals surface area contributed by atoms with Gasteiger partial charge in [0.15, 0.2) is 0 Å². The molecule has 0 atom stereocenters. The SMILES string of the molecule is CCC(C)(C)C(C)(C)OOC(=O)C(C)(C)C. The van der Waals surface area contributed by atoms with Gasteiger partial charge in [-0.25, -0.2) is 4.79 Å². The highest BCUT2D eigenvalue weighted by Gasteiger charge is 2.39. The van der Waals surface area contributed by atoms with Crippen LogP contribution in [0, 0.1) is 10.8 Å². The van der Waals surface area contributed by atoms with Crippen LogP contribution >= 0.6 is 0 Å². The molecule has 0 aliphatic heterocycles. The summed E-state index contributed by atoms with van der Waals surface area (Å²) in [7, 11) is 0. The average molecular weight is 230 g/mol. The van der Waals surface area contributed by atoms with Crippen molar-refractivity contribution >= 4 is 5.97 Å². The van der Waals surface area contributed by atoms with Crippen molar-refractivity contribution in [2.24, 2.45) is 10.8 Å². The zero-order valence-corrected chi connectivity index (χ0v) is 11.9. The third kappa shape index (κ3) is 3.78. The first-order valence-corrected chi connectivity index (χ1v) is 5.84. The summed E-state index contributed by atoms with van der Waals surface area (Å²) in [5, 5.41) is 0. The molecule has 0 aliphatic carbocycles. The number of carbonyl (C=O) groups is 1. The molecular weight excluding hydrogens is 204 g/mol. The van der Waals surface area contributed by atoms with Gasteiger partial charge < -0.3 is 0 Å². The lowest BCUT2D eigenvalue weighted by Gasteiger charge is -2.39. The molecule has 0 rings (SSSR count). The molecule has 0 aromatic heterocycles. The normalized spacial score (nSPS) is 13.8. The summed E-state index contributed by atoms with van der Waals surface area (Å²) >= 11 is 0. The molecule has 0 fully saturated rings. The Balaban J connectivity index is 4.47. The summed E-state index contributed by atoms with van der Waals surface area (Å²) in [6.07, 6.45) is 0.951. The van der Waals surface area contributed by atoms with E-state index in [1.807, 2.05) is 13.8 Å². The Morgan fingerprint density at radius 2 is 1.44 bits per heavy atom. The van der Waals surface area contributed by atoms with Crippen molar-refractivity contribution in [3.8, 4) is 0 Å². The molecule has 96 valence electrons. The number of carbonyl (C=O) groups excluding carboxylic acids is 1. The third-order valence-electron chi connectivity index (χ3n) is 3.45. The van der Waals surface area contributed by atoms with Crippen LogP contribution in [0.25, 0.3) is 0 Å². The van der Waals surface area contributed by atoms with E-state index in [2.05, 4.69) is 20.8 Å². The lowest BCUT2D eigenvalue weighted by Crippen LogP contribution is -2.42. The molecule has 0 bridgehead atoms. The first-order chi connectivity index (χ1) is 6.94. The monoisotopic (exact) mass is 230 g/mol. The van der Waals surface area contributed by atoms with Gasteiger partial charge in [-0.1, -0.05) is 20.8 Å². The zero-order valence-electron chi connectivity index (χ0n) is 11.9. The number of rotatable bonds is 4. The van der Waals surface area contributed by atoms with Gasteiger partial charge in [-0.2, -0.15) is 4.89 Å². The van der Waals surface area contributed by atoms with Gasteiger partial charge in [0.1, 0.15) is 5.60 Å². The van der Waals surface area contributed by atoms with E-state index in [0.717, 1.165) is 6.42 Å². The Kier molecular flexibility index (Phi) is 4.57. The topological polar surface area (TPSA) is 35.5 Å². The largest absolute Gasteiger partial charge is 0.347 e.